The van der Waals surface area contributed by atoms with E-state index in [1.807, 2.05) is 36.4 Å². The Bertz CT molecular complexity index is 1070. The number of unbranched alkanes of at least 4 members (excludes halogenated alkanes) is 11. The van der Waals surface area contributed by atoms with E-state index < -0.39 is 0 Å². The van der Waals surface area contributed by atoms with Gasteiger partial charge in [0.2, 0.25) is 5.75 Å². The van der Waals surface area contributed by atoms with Crippen LogP contribution in [-0.4, -0.2) is 37.0 Å². The number of hydrogen-bond donors (Lipinski definition) is 1. The average Bonchev–Trinajstić information content (AvgIpc) is 3.38. The van der Waals surface area contributed by atoms with Gasteiger partial charge in [-0.05, 0) is 48.6 Å². The Hall–Kier alpha value is -2.80. The minimum absolute atomic E-state index is 0.114. The molecule has 0 atom stereocenters. The number of ether oxygens (including phenoxy) is 3. The van der Waals surface area contributed by atoms with Gasteiger partial charge >= 0.3 is 0 Å². The maximum atomic E-state index is 12.7. The summed E-state index contributed by atoms with van der Waals surface area (Å²) in [5, 5.41) is 5.14. The van der Waals surface area contributed by atoms with Crippen LogP contribution >= 0.6 is 11.8 Å². The zero-order valence-electron chi connectivity index (χ0n) is 25.4. The first-order chi connectivity index (χ1) is 20.1. The van der Waals surface area contributed by atoms with E-state index >= 15 is 0 Å². The number of carbonyl (C=O) groups excluding carboxylic acids is 1. The van der Waals surface area contributed by atoms with Crippen LogP contribution in [0.5, 0.6) is 17.2 Å². The van der Waals surface area contributed by atoms with Crippen LogP contribution in [0.2, 0.25) is 0 Å². The van der Waals surface area contributed by atoms with Crippen LogP contribution in [0.25, 0.3) is 0 Å². The van der Waals surface area contributed by atoms with Gasteiger partial charge in [-0.2, -0.15) is 0 Å². The van der Waals surface area contributed by atoms with Crippen LogP contribution < -0.4 is 19.5 Å². The Morgan fingerprint density at radius 3 is 2.20 bits per heavy atom. The zero-order chi connectivity index (χ0) is 29.1. The quantitative estimate of drug-likeness (QED) is 0.148. The molecule has 226 valence electrons. The van der Waals surface area contributed by atoms with Crippen molar-refractivity contribution in [1.29, 1.82) is 0 Å². The number of methoxy groups -OCH3 is 1. The standard InChI is InChI=1S/C34H50N2O4S/c1-4-5-6-7-8-9-10-11-12-13-14-15-22-39-34-31(38-3)20-17-21-32(34)40-25-33(37)35-30-19-16-18-29(23-30)24-36-27-41-26-28(36)2/h16-21,23,26H,4-15,22,24-25,27H2,1-3H3,(H,35,37). The predicted octanol–water partition coefficient (Wildman–Crippen LogP) is 9.16. The van der Waals surface area contributed by atoms with E-state index in [0.29, 0.717) is 23.9 Å². The van der Waals surface area contributed by atoms with Gasteiger partial charge in [0, 0.05) is 17.9 Å². The maximum absolute atomic E-state index is 12.7. The third kappa shape index (κ3) is 12.3. The Morgan fingerprint density at radius 1 is 0.878 bits per heavy atom. The van der Waals surface area contributed by atoms with Crippen LogP contribution in [0.15, 0.2) is 53.6 Å². The lowest BCUT2D eigenvalue weighted by molar-refractivity contribution is -0.118. The Labute approximate surface area is 252 Å². The van der Waals surface area contributed by atoms with Crippen molar-refractivity contribution >= 4 is 23.4 Å². The van der Waals surface area contributed by atoms with Gasteiger partial charge in [0.25, 0.3) is 5.91 Å². The van der Waals surface area contributed by atoms with E-state index in [9.17, 15) is 4.79 Å². The molecular formula is C34H50N2O4S. The summed E-state index contributed by atoms with van der Waals surface area (Å²) >= 11 is 1.80. The third-order valence-corrected chi connectivity index (χ3v) is 8.30. The first-order valence-corrected chi connectivity index (χ1v) is 16.5. The lowest BCUT2D eigenvalue weighted by Crippen LogP contribution is -2.21. The Kier molecular flexibility index (Phi) is 15.4. The fourth-order valence-electron chi connectivity index (χ4n) is 4.93. The van der Waals surface area contributed by atoms with Crippen molar-refractivity contribution in [1.82, 2.24) is 4.90 Å². The molecule has 0 aromatic heterocycles. The number of anilines is 1. The molecule has 1 amide bonds. The summed E-state index contributed by atoms with van der Waals surface area (Å²) in [7, 11) is 1.62. The molecule has 0 spiro atoms. The maximum Gasteiger partial charge on any atom is 0.262 e. The van der Waals surface area contributed by atoms with Gasteiger partial charge in [-0.3, -0.25) is 4.79 Å². The van der Waals surface area contributed by atoms with Gasteiger partial charge in [-0.1, -0.05) is 95.8 Å². The second-order valence-corrected chi connectivity index (χ2v) is 11.6. The molecule has 2 aromatic rings. The second kappa shape index (κ2) is 19.3. The van der Waals surface area contributed by atoms with Crippen LogP contribution in [-0.2, 0) is 11.3 Å². The zero-order valence-corrected chi connectivity index (χ0v) is 26.2. The van der Waals surface area contributed by atoms with Gasteiger partial charge in [0.1, 0.15) is 0 Å². The summed E-state index contributed by atoms with van der Waals surface area (Å²) in [5.74, 6) is 2.42. The molecule has 1 aliphatic rings. The lowest BCUT2D eigenvalue weighted by atomic mass is 10.1. The van der Waals surface area contributed by atoms with Crippen LogP contribution in [0.3, 0.4) is 0 Å². The van der Waals surface area contributed by atoms with E-state index in [2.05, 4.69) is 35.5 Å². The van der Waals surface area contributed by atoms with Crippen molar-refractivity contribution in [3.8, 4) is 17.2 Å². The molecule has 0 saturated carbocycles. The highest BCUT2D eigenvalue weighted by Gasteiger charge is 2.15. The highest BCUT2D eigenvalue weighted by atomic mass is 32.2. The number of thioether (sulfide) groups is 1. The third-order valence-electron chi connectivity index (χ3n) is 7.33. The van der Waals surface area contributed by atoms with Crippen molar-refractivity contribution in [3.05, 3.63) is 59.1 Å². The number of hydrogen-bond acceptors (Lipinski definition) is 6. The fraction of sp³-hybridized carbons (Fsp3) is 0.559. The fourth-order valence-corrected chi connectivity index (χ4v) is 5.87. The second-order valence-electron chi connectivity index (χ2n) is 10.8. The number of carbonyl (C=O) groups is 1. The molecule has 41 heavy (non-hydrogen) atoms. The van der Waals surface area contributed by atoms with Crippen molar-refractivity contribution < 1.29 is 19.0 Å². The SMILES string of the molecule is CCCCCCCCCCCCCCOc1c(OC)cccc1OCC(=O)Nc1cccc(CN2CSC=C2C)c1. The monoisotopic (exact) mass is 582 g/mol. The molecule has 1 N–H and O–H groups in total. The summed E-state index contributed by atoms with van der Waals surface area (Å²) in [6, 6.07) is 13.5. The molecule has 0 unspecified atom stereocenters. The Balaban J connectivity index is 1.37. The molecule has 7 heteroatoms. The number of benzene rings is 2. The molecule has 0 fully saturated rings. The van der Waals surface area contributed by atoms with Gasteiger partial charge in [0.05, 0.1) is 19.6 Å². The number of allylic oxidation sites excluding steroid dienone is 1. The van der Waals surface area contributed by atoms with E-state index in [1.54, 1.807) is 18.9 Å². The number of amides is 1. The predicted molar refractivity (Wildman–Crippen MR) is 172 cm³/mol. The number of para-hydroxylation sites is 1. The van der Waals surface area contributed by atoms with E-state index in [-0.39, 0.29) is 12.5 Å². The summed E-state index contributed by atoms with van der Waals surface area (Å²) < 4.78 is 17.5. The molecule has 0 radical (unpaired) electrons. The molecule has 0 aliphatic carbocycles. The molecular weight excluding hydrogens is 532 g/mol. The van der Waals surface area contributed by atoms with E-state index in [0.717, 1.165) is 36.5 Å². The number of nitrogens with one attached hydrogen (secondary N) is 1. The minimum atomic E-state index is -0.218. The molecule has 1 heterocycles. The van der Waals surface area contributed by atoms with Crippen LogP contribution in [0, 0.1) is 0 Å². The topological polar surface area (TPSA) is 60.0 Å². The van der Waals surface area contributed by atoms with Gasteiger partial charge in [-0.15, -0.1) is 11.8 Å². The van der Waals surface area contributed by atoms with Crippen molar-refractivity contribution in [2.24, 2.45) is 0 Å². The minimum Gasteiger partial charge on any atom is -0.493 e. The van der Waals surface area contributed by atoms with Crippen LogP contribution in [0.1, 0.15) is 96.5 Å². The molecule has 0 saturated heterocycles. The normalized spacial score (nSPS) is 12.8. The highest BCUT2D eigenvalue weighted by Crippen LogP contribution is 2.37. The van der Waals surface area contributed by atoms with Crippen molar-refractivity contribution in [2.45, 2.75) is 97.4 Å². The summed E-state index contributed by atoms with van der Waals surface area (Å²) in [4.78, 5) is 15.0. The van der Waals surface area contributed by atoms with Gasteiger partial charge < -0.3 is 24.4 Å². The van der Waals surface area contributed by atoms with Gasteiger partial charge in [0.15, 0.2) is 18.1 Å². The largest absolute Gasteiger partial charge is 0.493 e. The van der Waals surface area contributed by atoms with Crippen LogP contribution in [0.4, 0.5) is 5.69 Å². The average molecular weight is 583 g/mol. The molecule has 6 nitrogen and oxygen atoms in total. The number of rotatable bonds is 21. The summed E-state index contributed by atoms with van der Waals surface area (Å²) in [6.45, 7) is 5.69. The number of nitrogens with zero attached hydrogens (tertiary/aromatic N) is 1. The molecule has 0 bridgehead atoms. The van der Waals surface area contributed by atoms with Crippen molar-refractivity contribution in [3.63, 3.8) is 0 Å². The first kappa shape index (κ1) is 32.7. The van der Waals surface area contributed by atoms with E-state index in [4.69, 9.17) is 14.2 Å². The van der Waals surface area contributed by atoms with Crippen molar-refractivity contribution in [2.75, 3.05) is 31.5 Å². The summed E-state index contributed by atoms with van der Waals surface area (Å²) in [6.07, 6.45) is 15.6. The molecule has 1 aliphatic heterocycles. The smallest absolute Gasteiger partial charge is 0.262 e. The molecule has 2 aromatic carbocycles. The Morgan fingerprint density at radius 2 is 1.54 bits per heavy atom. The first-order valence-electron chi connectivity index (χ1n) is 15.5. The summed E-state index contributed by atoms with van der Waals surface area (Å²) in [5.41, 5.74) is 3.19. The highest BCUT2D eigenvalue weighted by molar-refractivity contribution is 8.02. The molecule has 3 rings (SSSR count). The van der Waals surface area contributed by atoms with E-state index in [1.165, 1.54) is 69.9 Å². The lowest BCUT2D eigenvalue weighted by Gasteiger charge is -2.19. The van der Waals surface area contributed by atoms with Gasteiger partial charge in [-0.25, -0.2) is 0 Å².